The van der Waals surface area contributed by atoms with Crippen LogP contribution in [0.3, 0.4) is 0 Å². The van der Waals surface area contributed by atoms with Gasteiger partial charge in [0.25, 0.3) is 0 Å². The summed E-state index contributed by atoms with van der Waals surface area (Å²) in [6.45, 7) is 7.23. The van der Waals surface area contributed by atoms with Crippen LogP contribution in [0.1, 0.15) is 58.3 Å². The number of allylic oxidation sites excluding steroid dienone is 1. The molecule has 1 nitrogen and oxygen atoms in total. The Morgan fingerprint density at radius 1 is 1.12 bits per heavy atom. The summed E-state index contributed by atoms with van der Waals surface area (Å²) in [6, 6.07) is 0. The Hall–Kier alpha value is -0.300. The molecule has 1 aliphatic carbocycles. The average molecular weight is 236 g/mol. The van der Waals surface area contributed by atoms with Crippen molar-refractivity contribution in [1.82, 2.24) is 0 Å². The van der Waals surface area contributed by atoms with E-state index < -0.39 is 0 Å². The molecule has 2 atom stereocenters. The van der Waals surface area contributed by atoms with Crippen molar-refractivity contribution in [2.45, 2.75) is 64.4 Å². The summed E-state index contributed by atoms with van der Waals surface area (Å²) >= 11 is 0. The van der Waals surface area contributed by atoms with Crippen LogP contribution in [0.2, 0.25) is 0 Å². The van der Waals surface area contributed by atoms with E-state index in [2.05, 4.69) is 19.6 Å². The van der Waals surface area contributed by atoms with Gasteiger partial charge in [0, 0.05) is 6.61 Å². The van der Waals surface area contributed by atoms with Crippen LogP contribution >= 0.6 is 0 Å². The van der Waals surface area contributed by atoms with E-state index in [0.717, 1.165) is 24.4 Å². The second-order valence-electron chi connectivity index (χ2n) is 6.01. The van der Waals surface area contributed by atoms with Crippen LogP contribution < -0.4 is 0 Å². The van der Waals surface area contributed by atoms with Crippen LogP contribution in [-0.2, 0) is 4.74 Å². The first-order chi connectivity index (χ1) is 8.33. The van der Waals surface area contributed by atoms with Gasteiger partial charge in [-0.25, -0.2) is 0 Å². The normalized spacial score (nSPS) is 38.9. The third-order valence-electron chi connectivity index (χ3n) is 4.78. The van der Waals surface area contributed by atoms with Crippen molar-refractivity contribution < 1.29 is 4.74 Å². The molecule has 2 rings (SSSR count). The highest BCUT2D eigenvalue weighted by Gasteiger charge is 2.30. The standard InChI is InChI=1S/C16H28O/c1-3-5-14-8-11-16(17-12-14)15-9-6-13(4-2)7-10-15/h4,13-16H,2-3,5-12H2,1H3. The van der Waals surface area contributed by atoms with Crippen molar-refractivity contribution in [3.63, 3.8) is 0 Å². The summed E-state index contributed by atoms with van der Waals surface area (Å²) < 4.78 is 6.13. The van der Waals surface area contributed by atoms with E-state index in [-0.39, 0.29) is 0 Å². The summed E-state index contributed by atoms with van der Waals surface area (Å²) in [5.41, 5.74) is 0. The molecule has 2 fully saturated rings. The molecule has 0 aromatic heterocycles. The van der Waals surface area contributed by atoms with Gasteiger partial charge in [0.15, 0.2) is 0 Å². The first kappa shape index (κ1) is 13.1. The highest BCUT2D eigenvalue weighted by molar-refractivity contribution is 4.87. The molecule has 17 heavy (non-hydrogen) atoms. The molecule has 0 aromatic rings. The molecule has 0 bridgehead atoms. The van der Waals surface area contributed by atoms with Gasteiger partial charge in [-0.15, -0.1) is 6.58 Å². The molecule has 98 valence electrons. The number of rotatable bonds is 4. The predicted octanol–water partition coefficient (Wildman–Crippen LogP) is 4.57. The zero-order valence-electron chi connectivity index (χ0n) is 11.4. The SMILES string of the molecule is C=CC1CCC(C2CCC(CCC)CO2)CC1. The Balaban J connectivity index is 1.72. The number of ether oxygens (including phenoxy) is 1. The van der Waals surface area contributed by atoms with Gasteiger partial charge in [-0.2, -0.15) is 0 Å². The van der Waals surface area contributed by atoms with Gasteiger partial charge in [-0.05, 0) is 62.7 Å². The van der Waals surface area contributed by atoms with Gasteiger partial charge >= 0.3 is 0 Å². The van der Waals surface area contributed by atoms with E-state index in [1.54, 1.807) is 0 Å². The van der Waals surface area contributed by atoms with Gasteiger partial charge in [-0.1, -0.05) is 19.4 Å². The molecule has 0 amide bonds. The lowest BCUT2D eigenvalue weighted by Gasteiger charge is -2.37. The third kappa shape index (κ3) is 3.58. The Kier molecular flexibility index (Phi) is 5.09. The fourth-order valence-electron chi connectivity index (χ4n) is 3.59. The molecule has 0 radical (unpaired) electrons. The van der Waals surface area contributed by atoms with E-state index in [1.807, 2.05) is 0 Å². The maximum atomic E-state index is 6.13. The maximum Gasteiger partial charge on any atom is 0.0603 e. The Morgan fingerprint density at radius 2 is 1.88 bits per heavy atom. The van der Waals surface area contributed by atoms with E-state index in [1.165, 1.54) is 51.4 Å². The summed E-state index contributed by atoms with van der Waals surface area (Å²) in [5, 5.41) is 0. The molecule has 1 aliphatic heterocycles. The van der Waals surface area contributed by atoms with Crippen LogP contribution in [0.15, 0.2) is 12.7 Å². The van der Waals surface area contributed by atoms with Crippen molar-refractivity contribution in [3.8, 4) is 0 Å². The van der Waals surface area contributed by atoms with E-state index in [0.29, 0.717) is 6.10 Å². The first-order valence-electron chi connectivity index (χ1n) is 7.57. The molecule has 0 aromatic carbocycles. The topological polar surface area (TPSA) is 9.23 Å². The smallest absolute Gasteiger partial charge is 0.0603 e. The lowest BCUT2D eigenvalue weighted by Crippen LogP contribution is -2.34. The largest absolute Gasteiger partial charge is 0.378 e. The van der Waals surface area contributed by atoms with Crippen molar-refractivity contribution in [1.29, 1.82) is 0 Å². The zero-order valence-corrected chi connectivity index (χ0v) is 11.4. The van der Waals surface area contributed by atoms with E-state index in [9.17, 15) is 0 Å². The molecule has 0 spiro atoms. The molecule has 2 unspecified atom stereocenters. The average Bonchev–Trinajstić information content (AvgIpc) is 2.40. The minimum absolute atomic E-state index is 0.578. The molecule has 0 N–H and O–H groups in total. The van der Waals surface area contributed by atoms with E-state index in [4.69, 9.17) is 4.74 Å². The Bertz CT molecular complexity index is 220. The molecule has 1 heterocycles. The Labute approximate surface area is 107 Å². The van der Waals surface area contributed by atoms with Crippen molar-refractivity contribution >= 4 is 0 Å². The second kappa shape index (κ2) is 6.58. The minimum atomic E-state index is 0.578. The summed E-state index contributed by atoms with van der Waals surface area (Å²) in [4.78, 5) is 0. The van der Waals surface area contributed by atoms with Gasteiger partial charge < -0.3 is 4.74 Å². The lowest BCUT2D eigenvalue weighted by molar-refractivity contribution is -0.0582. The fourth-order valence-corrected chi connectivity index (χ4v) is 3.59. The van der Waals surface area contributed by atoms with Gasteiger partial charge in [-0.3, -0.25) is 0 Å². The van der Waals surface area contributed by atoms with Crippen LogP contribution in [0.5, 0.6) is 0 Å². The summed E-state index contributed by atoms with van der Waals surface area (Å²) in [7, 11) is 0. The van der Waals surface area contributed by atoms with Gasteiger partial charge in [0.1, 0.15) is 0 Å². The third-order valence-corrected chi connectivity index (χ3v) is 4.78. The maximum absolute atomic E-state index is 6.13. The van der Waals surface area contributed by atoms with Crippen molar-refractivity contribution in [2.24, 2.45) is 17.8 Å². The molecular formula is C16H28O. The van der Waals surface area contributed by atoms with Crippen molar-refractivity contribution in [3.05, 3.63) is 12.7 Å². The van der Waals surface area contributed by atoms with Crippen LogP contribution in [0, 0.1) is 17.8 Å². The zero-order chi connectivity index (χ0) is 12.1. The highest BCUT2D eigenvalue weighted by atomic mass is 16.5. The van der Waals surface area contributed by atoms with Gasteiger partial charge in [0.2, 0.25) is 0 Å². The molecule has 1 saturated carbocycles. The summed E-state index contributed by atoms with van der Waals surface area (Å²) in [6.07, 6.45) is 13.5. The monoisotopic (exact) mass is 236 g/mol. The van der Waals surface area contributed by atoms with Crippen molar-refractivity contribution in [2.75, 3.05) is 6.61 Å². The second-order valence-corrected chi connectivity index (χ2v) is 6.01. The van der Waals surface area contributed by atoms with Gasteiger partial charge in [0.05, 0.1) is 6.10 Å². The molecule has 1 heteroatoms. The summed E-state index contributed by atoms with van der Waals surface area (Å²) in [5.74, 6) is 2.47. The van der Waals surface area contributed by atoms with Crippen LogP contribution in [0.25, 0.3) is 0 Å². The highest BCUT2D eigenvalue weighted by Crippen LogP contribution is 2.36. The van der Waals surface area contributed by atoms with Crippen LogP contribution in [0.4, 0.5) is 0 Å². The first-order valence-corrected chi connectivity index (χ1v) is 7.57. The fraction of sp³-hybridized carbons (Fsp3) is 0.875. The quantitative estimate of drug-likeness (QED) is 0.649. The van der Waals surface area contributed by atoms with E-state index >= 15 is 0 Å². The molecule has 2 aliphatic rings. The predicted molar refractivity (Wildman–Crippen MR) is 73.0 cm³/mol. The molecule has 1 saturated heterocycles. The van der Waals surface area contributed by atoms with Crippen LogP contribution in [-0.4, -0.2) is 12.7 Å². The number of hydrogen-bond donors (Lipinski definition) is 0. The minimum Gasteiger partial charge on any atom is -0.378 e. The Morgan fingerprint density at radius 3 is 2.41 bits per heavy atom. The number of hydrogen-bond acceptors (Lipinski definition) is 1. The molecular weight excluding hydrogens is 208 g/mol. The lowest BCUT2D eigenvalue weighted by atomic mass is 9.77.